The van der Waals surface area contributed by atoms with Crippen molar-refractivity contribution in [1.82, 2.24) is 19.1 Å². The van der Waals surface area contributed by atoms with Crippen molar-refractivity contribution in [1.29, 1.82) is 0 Å². The van der Waals surface area contributed by atoms with Gasteiger partial charge in [-0.3, -0.25) is 9.97 Å². The lowest BCUT2D eigenvalue weighted by atomic mass is 9.91. The zero-order valence-corrected chi connectivity index (χ0v) is 27.0. The average Bonchev–Trinajstić information content (AvgIpc) is 3.62. The van der Waals surface area contributed by atoms with Gasteiger partial charge in [0.05, 0.1) is 22.1 Å². The van der Waals surface area contributed by atoms with Gasteiger partial charge in [0.15, 0.2) is 0 Å². The van der Waals surface area contributed by atoms with Gasteiger partial charge in [-0.25, -0.2) is 0 Å². The van der Waals surface area contributed by atoms with Crippen LogP contribution < -0.4 is 0 Å². The molecule has 0 aliphatic heterocycles. The fraction of sp³-hybridized carbons (Fsp3) is 0.163. The van der Waals surface area contributed by atoms with Crippen LogP contribution in [0, 0.1) is 19.8 Å². The first kappa shape index (κ1) is 27.8. The van der Waals surface area contributed by atoms with E-state index in [0.717, 1.165) is 24.4 Å². The average molecular weight is 609 g/mol. The molecule has 1 unspecified atom stereocenters. The third-order valence-electron chi connectivity index (χ3n) is 10.3. The van der Waals surface area contributed by atoms with E-state index in [-0.39, 0.29) is 0 Å². The summed E-state index contributed by atoms with van der Waals surface area (Å²) in [6.07, 6.45) is 13.8. The fourth-order valence-corrected chi connectivity index (χ4v) is 7.82. The van der Waals surface area contributed by atoms with Gasteiger partial charge in [-0.1, -0.05) is 55.5 Å². The normalized spacial score (nSPS) is 15.2. The summed E-state index contributed by atoms with van der Waals surface area (Å²) in [6, 6.07) is 33.5. The minimum absolute atomic E-state index is 0.753. The number of rotatable bonds is 4. The Labute approximate surface area is 274 Å². The minimum Gasteiger partial charge on any atom is -0.313 e. The molecule has 9 rings (SSSR count). The van der Waals surface area contributed by atoms with E-state index >= 15 is 0 Å². The molecule has 4 nitrogen and oxygen atoms in total. The number of fused-ring (bicyclic) bond motifs is 6. The van der Waals surface area contributed by atoms with Crippen LogP contribution in [0.3, 0.4) is 0 Å². The van der Waals surface area contributed by atoms with Crippen molar-refractivity contribution in [2.24, 2.45) is 5.92 Å². The molecule has 0 N–H and O–H groups in total. The number of aromatic nitrogens is 4. The maximum Gasteiger partial charge on any atom is 0.0571 e. The molecule has 0 fully saturated rings. The number of hydrogen-bond donors (Lipinski definition) is 0. The van der Waals surface area contributed by atoms with Crippen molar-refractivity contribution in [3.8, 4) is 27.9 Å². The highest BCUT2D eigenvalue weighted by atomic mass is 15.0. The number of para-hydroxylation sites is 1. The fourth-order valence-electron chi connectivity index (χ4n) is 7.82. The summed E-state index contributed by atoms with van der Waals surface area (Å²) in [7, 11) is 0. The van der Waals surface area contributed by atoms with Crippen LogP contribution in [0.25, 0.3) is 77.2 Å². The Hall–Kier alpha value is -5.48. The molecule has 4 heterocycles. The smallest absolute Gasteiger partial charge is 0.0571 e. The summed E-state index contributed by atoms with van der Waals surface area (Å²) in [5, 5.41) is 4.86. The second-order valence-electron chi connectivity index (χ2n) is 13.3. The zero-order valence-electron chi connectivity index (χ0n) is 27.0. The first-order valence-electron chi connectivity index (χ1n) is 16.7. The first-order valence-corrected chi connectivity index (χ1v) is 16.7. The Bertz CT molecular complexity index is 2530. The molecule has 0 spiro atoms. The second kappa shape index (κ2) is 10.8. The van der Waals surface area contributed by atoms with Gasteiger partial charge >= 0.3 is 0 Å². The molecular weight excluding hydrogens is 573 g/mol. The number of hydrogen-bond acceptors (Lipinski definition) is 2. The van der Waals surface area contributed by atoms with Crippen molar-refractivity contribution in [3.05, 3.63) is 133 Å². The topological polar surface area (TPSA) is 35.6 Å². The number of nitrogens with zero attached hydrogens (tertiary/aromatic N) is 4. The molecule has 1 aliphatic rings. The molecule has 8 aromatic rings. The van der Waals surface area contributed by atoms with Crippen molar-refractivity contribution < 1.29 is 0 Å². The third-order valence-corrected chi connectivity index (χ3v) is 10.3. The van der Waals surface area contributed by atoms with Gasteiger partial charge in [-0.2, -0.15) is 0 Å². The van der Waals surface area contributed by atoms with Crippen LogP contribution in [0.15, 0.2) is 122 Å². The molecule has 0 bridgehead atoms. The Balaban J connectivity index is 1.16. The van der Waals surface area contributed by atoms with Crippen LogP contribution in [-0.2, 0) is 0 Å². The van der Waals surface area contributed by atoms with E-state index in [1.165, 1.54) is 89.1 Å². The molecule has 0 amide bonds. The maximum atomic E-state index is 4.53. The second-order valence-corrected chi connectivity index (χ2v) is 13.3. The lowest BCUT2D eigenvalue weighted by Gasteiger charge is -2.20. The van der Waals surface area contributed by atoms with Crippen LogP contribution in [0.4, 0.5) is 0 Å². The number of allylic oxidation sites excluding steroid dienone is 2. The van der Waals surface area contributed by atoms with E-state index in [4.69, 9.17) is 0 Å². The number of pyridine rings is 2. The van der Waals surface area contributed by atoms with E-state index in [1.807, 2.05) is 24.8 Å². The highest BCUT2D eigenvalue weighted by Gasteiger charge is 2.19. The monoisotopic (exact) mass is 608 g/mol. The SMILES string of the molecule is Cc1cc(-c2ccc3c(c2)c2cnccc2n3-c2ccccc2)c(C)cc1-c1ccc2c(c1)c1cnccc1n2C1=CCC(C)CC1. The Morgan fingerprint density at radius 3 is 1.72 bits per heavy atom. The quantitative estimate of drug-likeness (QED) is 0.199. The van der Waals surface area contributed by atoms with Crippen molar-refractivity contribution in [2.75, 3.05) is 0 Å². The molecular formula is C43H36N4. The lowest BCUT2D eigenvalue weighted by Crippen LogP contribution is -2.06. The Morgan fingerprint density at radius 2 is 1.15 bits per heavy atom. The maximum absolute atomic E-state index is 4.53. The van der Waals surface area contributed by atoms with E-state index in [0.29, 0.717) is 0 Å². The summed E-state index contributed by atoms with van der Waals surface area (Å²) in [5.41, 5.74) is 15.0. The van der Waals surface area contributed by atoms with E-state index < -0.39 is 0 Å². The highest BCUT2D eigenvalue weighted by Crippen LogP contribution is 2.40. The van der Waals surface area contributed by atoms with Gasteiger partial charge in [-0.15, -0.1) is 0 Å². The summed E-state index contributed by atoms with van der Waals surface area (Å²) >= 11 is 0. The van der Waals surface area contributed by atoms with E-state index in [1.54, 1.807) is 0 Å². The highest BCUT2D eigenvalue weighted by molar-refractivity contribution is 6.12. The van der Waals surface area contributed by atoms with Crippen molar-refractivity contribution >= 4 is 49.3 Å². The molecule has 0 radical (unpaired) electrons. The van der Waals surface area contributed by atoms with Gasteiger partial charge in [0.1, 0.15) is 0 Å². The van der Waals surface area contributed by atoms with Crippen LogP contribution in [0.2, 0.25) is 0 Å². The van der Waals surface area contributed by atoms with Crippen LogP contribution in [-0.4, -0.2) is 19.1 Å². The standard InChI is InChI=1S/C43H36N4/c1-27-9-13-33(14-10-27)47-41-16-12-31(24-37(41)39-26-45-20-18-43(39)47)35-22-28(2)34(21-29(35)3)30-11-15-40-36(23-30)38-25-44-19-17-42(38)46(40)32-7-5-4-6-8-32/h4-8,11-13,15-27H,9-10,14H2,1-3H3. The molecule has 4 aromatic heterocycles. The van der Waals surface area contributed by atoms with Crippen LogP contribution >= 0.6 is 0 Å². The summed E-state index contributed by atoms with van der Waals surface area (Å²) < 4.78 is 4.81. The predicted molar refractivity (Wildman–Crippen MR) is 197 cm³/mol. The Morgan fingerprint density at radius 1 is 0.596 bits per heavy atom. The summed E-state index contributed by atoms with van der Waals surface area (Å²) in [5.74, 6) is 0.753. The molecule has 47 heavy (non-hydrogen) atoms. The van der Waals surface area contributed by atoms with E-state index in [9.17, 15) is 0 Å². The Kier molecular flexibility index (Phi) is 6.39. The number of benzene rings is 4. The van der Waals surface area contributed by atoms with E-state index in [2.05, 4.69) is 137 Å². The molecule has 228 valence electrons. The third kappa shape index (κ3) is 4.43. The largest absolute Gasteiger partial charge is 0.313 e. The zero-order chi connectivity index (χ0) is 31.6. The van der Waals surface area contributed by atoms with Gasteiger partial charge in [0.25, 0.3) is 0 Å². The van der Waals surface area contributed by atoms with Gasteiger partial charge in [-0.05, 0) is 121 Å². The molecule has 4 heteroatoms. The van der Waals surface area contributed by atoms with Crippen molar-refractivity contribution in [3.63, 3.8) is 0 Å². The minimum atomic E-state index is 0.753. The molecule has 1 atom stereocenters. The predicted octanol–water partition coefficient (Wildman–Crippen LogP) is 11.3. The van der Waals surface area contributed by atoms with Crippen LogP contribution in [0.1, 0.15) is 37.3 Å². The molecule has 1 aliphatic carbocycles. The first-order chi connectivity index (χ1) is 23.0. The summed E-state index contributed by atoms with van der Waals surface area (Å²) in [6.45, 7) is 6.83. The number of aryl methyl sites for hydroxylation is 2. The van der Waals surface area contributed by atoms with Gasteiger partial charge in [0.2, 0.25) is 0 Å². The van der Waals surface area contributed by atoms with Gasteiger partial charge in [0, 0.05) is 57.7 Å². The van der Waals surface area contributed by atoms with Crippen molar-refractivity contribution in [2.45, 2.75) is 40.0 Å². The van der Waals surface area contributed by atoms with Gasteiger partial charge < -0.3 is 9.13 Å². The lowest BCUT2D eigenvalue weighted by molar-refractivity contribution is 0.527. The molecule has 4 aromatic carbocycles. The van der Waals surface area contributed by atoms with Crippen LogP contribution in [0.5, 0.6) is 0 Å². The summed E-state index contributed by atoms with van der Waals surface area (Å²) in [4.78, 5) is 9.03. The molecule has 0 saturated heterocycles. The molecule has 0 saturated carbocycles.